The van der Waals surface area contributed by atoms with E-state index in [0.29, 0.717) is 6.04 Å². The third-order valence-electron chi connectivity index (χ3n) is 2.98. The van der Waals surface area contributed by atoms with Crippen LogP contribution in [0, 0.1) is 5.92 Å². The summed E-state index contributed by atoms with van der Waals surface area (Å²) in [4.78, 5) is 2.40. The van der Waals surface area contributed by atoms with E-state index in [4.69, 9.17) is 5.73 Å². The van der Waals surface area contributed by atoms with Crippen molar-refractivity contribution < 1.29 is 0 Å². The number of rotatable bonds is 4. The quantitative estimate of drug-likeness (QED) is 0.659. The average molecular weight is 156 g/mol. The zero-order valence-corrected chi connectivity index (χ0v) is 7.88. The Hall–Kier alpha value is -0.0800. The molecule has 0 aliphatic heterocycles. The summed E-state index contributed by atoms with van der Waals surface area (Å²) in [5.41, 5.74) is 5.59. The van der Waals surface area contributed by atoms with Gasteiger partial charge >= 0.3 is 0 Å². The Kier molecular flexibility index (Phi) is 2.90. The van der Waals surface area contributed by atoms with Crippen LogP contribution >= 0.6 is 0 Å². The molecule has 0 spiro atoms. The molecule has 0 bridgehead atoms. The Morgan fingerprint density at radius 3 is 2.36 bits per heavy atom. The van der Waals surface area contributed by atoms with Crippen LogP contribution in [-0.4, -0.2) is 30.6 Å². The minimum Gasteiger partial charge on any atom is -0.329 e. The molecule has 0 radical (unpaired) electrons. The second kappa shape index (κ2) is 3.55. The highest BCUT2D eigenvalue weighted by atomic mass is 15.2. The number of nitrogens with zero attached hydrogens (tertiary/aromatic N) is 1. The van der Waals surface area contributed by atoms with Crippen molar-refractivity contribution in [3.8, 4) is 0 Å². The Bertz CT molecular complexity index is 121. The van der Waals surface area contributed by atoms with Crippen LogP contribution in [0.25, 0.3) is 0 Å². The van der Waals surface area contributed by atoms with Crippen LogP contribution in [0.2, 0.25) is 0 Å². The topological polar surface area (TPSA) is 29.3 Å². The van der Waals surface area contributed by atoms with E-state index in [1.807, 2.05) is 0 Å². The predicted octanol–water partition coefficient (Wildman–Crippen LogP) is 1.06. The smallest absolute Gasteiger partial charge is 0.0190 e. The van der Waals surface area contributed by atoms with Crippen molar-refractivity contribution >= 4 is 0 Å². The van der Waals surface area contributed by atoms with Gasteiger partial charge in [-0.2, -0.15) is 0 Å². The minimum absolute atomic E-state index is 0.533. The number of nitrogens with two attached hydrogens (primary N) is 1. The molecule has 0 heterocycles. The molecule has 1 saturated carbocycles. The summed E-state index contributed by atoms with van der Waals surface area (Å²) in [5.74, 6) is 0.953. The lowest BCUT2D eigenvalue weighted by Crippen LogP contribution is -2.42. The van der Waals surface area contributed by atoms with Gasteiger partial charge in [0.2, 0.25) is 0 Å². The molecule has 2 N–H and O–H groups in total. The van der Waals surface area contributed by atoms with E-state index in [-0.39, 0.29) is 0 Å². The van der Waals surface area contributed by atoms with Crippen molar-refractivity contribution in [2.45, 2.75) is 38.8 Å². The molecule has 0 aromatic rings. The van der Waals surface area contributed by atoms with Gasteiger partial charge < -0.3 is 5.73 Å². The van der Waals surface area contributed by atoms with Gasteiger partial charge in [-0.1, -0.05) is 0 Å². The SMILES string of the molecule is CC(CN)N(C)C(C)C1CC1. The minimum atomic E-state index is 0.533. The van der Waals surface area contributed by atoms with Gasteiger partial charge in [-0.25, -0.2) is 0 Å². The van der Waals surface area contributed by atoms with Crippen molar-refractivity contribution in [1.82, 2.24) is 4.90 Å². The first-order chi connectivity index (χ1) is 5.16. The lowest BCUT2D eigenvalue weighted by Gasteiger charge is -2.29. The van der Waals surface area contributed by atoms with Crippen LogP contribution in [0.4, 0.5) is 0 Å². The maximum absolute atomic E-state index is 5.59. The first-order valence-electron chi connectivity index (χ1n) is 4.58. The molecular weight excluding hydrogens is 136 g/mol. The number of likely N-dealkylation sites (N-methyl/N-ethyl adjacent to an activating group) is 1. The first kappa shape index (κ1) is 9.01. The third kappa shape index (κ3) is 2.17. The molecule has 66 valence electrons. The van der Waals surface area contributed by atoms with Crippen molar-refractivity contribution in [2.24, 2.45) is 11.7 Å². The standard InChI is InChI=1S/C9H20N2/c1-7(6-10)11(3)8(2)9-4-5-9/h7-9H,4-6,10H2,1-3H3. The van der Waals surface area contributed by atoms with Gasteiger partial charge in [-0.3, -0.25) is 4.90 Å². The molecule has 0 saturated heterocycles. The fourth-order valence-corrected chi connectivity index (χ4v) is 1.48. The van der Waals surface area contributed by atoms with Crippen molar-refractivity contribution in [2.75, 3.05) is 13.6 Å². The van der Waals surface area contributed by atoms with Crippen LogP contribution in [0.15, 0.2) is 0 Å². The molecule has 0 amide bonds. The van der Waals surface area contributed by atoms with Gasteiger partial charge in [0.15, 0.2) is 0 Å². The maximum Gasteiger partial charge on any atom is 0.0190 e. The highest BCUT2D eigenvalue weighted by Crippen LogP contribution is 2.35. The lowest BCUT2D eigenvalue weighted by atomic mass is 10.1. The van der Waals surface area contributed by atoms with Crippen LogP contribution in [0.1, 0.15) is 26.7 Å². The van der Waals surface area contributed by atoms with E-state index in [1.54, 1.807) is 0 Å². The molecule has 11 heavy (non-hydrogen) atoms. The van der Waals surface area contributed by atoms with Crippen LogP contribution < -0.4 is 5.73 Å². The van der Waals surface area contributed by atoms with Gasteiger partial charge in [0.05, 0.1) is 0 Å². The van der Waals surface area contributed by atoms with E-state index in [9.17, 15) is 0 Å². The van der Waals surface area contributed by atoms with Gasteiger partial charge in [-0.15, -0.1) is 0 Å². The molecule has 2 heteroatoms. The predicted molar refractivity (Wildman–Crippen MR) is 48.5 cm³/mol. The van der Waals surface area contributed by atoms with E-state index in [0.717, 1.165) is 18.5 Å². The lowest BCUT2D eigenvalue weighted by molar-refractivity contribution is 0.182. The first-order valence-corrected chi connectivity index (χ1v) is 4.58. The summed E-state index contributed by atoms with van der Waals surface area (Å²) in [6.45, 7) is 5.27. The third-order valence-corrected chi connectivity index (χ3v) is 2.98. The van der Waals surface area contributed by atoms with Gasteiger partial charge in [0.25, 0.3) is 0 Å². The molecule has 1 rings (SSSR count). The van der Waals surface area contributed by atoms with Gasteiger partial charge in [0.1, 0.15) is 0 Å². The average Bonchev–Trinajstić information content (AvgIpc) is 2.82. The largest absolute Gasteiger partial charge is 0.329 e. The fourth-order valence-electron chi connectivity index (χ4n) is 1.48. The number of hydrogen-bond donors (Lipinski definition) is 1. The van der Waals surface area contributed by atoms with Gasteiger partial charge in [-0.05, 0) is 39.7 Å². The van der Waals surface area contributed by atoms with Crippen molar-refractivity contribution in [3.63, 3.8) is 0 Å². The van der Waals surface area contributed by atoms with Crippen LogP contribution in [0.5, 0.6) is 0 Å². The Labute approximate surface area is 69.8 Å². The Balaban J connectivity index is 2.31. The maximum atomic E-state index is 5.59. The summed E-state index contributed by atoms with van der Waals surface area (Å²) in [6, 6.07) is 1.26. The van der Waals surface area contributed by atoms with E-state index in [2.05, 4.69) is 25.8 Å². The summed E-state index contributed by atoms with van der Waals surface area (Å²) >= 11 is 0. The highest BCUT2D eigenvalue weighted by Gasteiger charge is 2.31. The molecule has 2 nitrogen and oxygen atoms in total. The van der Waals surface area contributed by atoms with Crippen LogP contribution in [-0.2, 0) is 0 Å². The Morgan fingerprint density at radius 1 is 1.45 bits per heavy atom. The molecular formula is C9H20N2. The highest BCUT2D eigenvalue weighted by molar-refractivity contribution is 4.85. The van der Waals surface area contributed by atoms with E-state index >= 15 is 0 Å². The molecule has 0 aromatic carbocycles. The summed E-state index contributed by atoms with van der Waals surface area (Å²) in [7, 11) is 2.18. The summed E-state index contributed by atoms with van der Waals surface area (Å²) in [6.07, 6.45) is 2.84. The monoisotopic (exact) mass is 156 g/mol. The Morgan fingerprint density at radius 2 is 2.00 bits per heavy atom. The molecule has 1 fully saturated rings. The molecule has 1 aliphatic rings. The van der Waals surface area contributed by atoms with E-state index < -0.39 is 0 Å². The second-order valence-electron chi connectivity index (χ2n) is 3.83. The van der Waals surface area contributed by atoms with Crippen molar-refractivity contribution in [3.05, 3.63) is 0 Å². The zero-order chi connectivity index (χ0) is 8.43. The van der Waals surface area contributed by atoms with E-state index in [1.165, 1.54) is 12.8 Å². The van der Waals surface area contributed by atoms with Crippen molar-refractivity contribution in [1.29, 1.82) is 0 Å². The summed E-state index contributed by atoms with van der Waals surface area (Å²) < 4.78 is 0. The molecule has 2 atom stereocenters. The zero-order valence-electron chi connectivity index (χ0n) is 7.88. The summed E-state index contributed by atoms with van der Waals surface area (Å²) in [5, 5.41) is 0. The molecule has 2 unspecified atom stereocenters. The number of hydrogen-bond acceptors (Lipinski definition) is 2. The van der Waals surface area contributed by atoms with Crippen LogP contribution in [0.3, 0.4) is 0 Å². The normalized spacial score (nSPS) is 23.7. The molecule has 1 aliphatic carbocycles. The van der Waals surface area contributed by atoms with Gasteiger partial charge in [0, 0.05) is 18.6 Å². The second-order valence-corrected chi connectivity index (χ2v) is 3.83. The fraction of sp³-hybridized carbons (Fsp3) is 1.00. The molecule has 0 aromatic heterocycles.